The molecule has 3 rings (SSSR count). The van der Waals surface area contributed by atoms with Crippen molar-refractivity contribution < 1.29 is 14.3 Å². The van der Waals surface area contributed by atoms with Crippen molar-refractivity contribution in [2.45, 2.75) is 33.9 Å². The smallest absolute Gasteiger partial charge is 0.189 e. The van der Waals surface area contributed by atoms with Crippen LogP contribution in [0.4, 0.5) is 0 Å². The van der Waals surface area contributed by atoms with Gasteiger partial charge in [0.15, 0.2) is 5.78 Å². The van der Waals surface area contributed by atoms with Crippen molar-refractivity contribution in [3.63, 3.8) is 0 Å². The average molecular weight is 390 g/mol. The number of methoxy groups -OCH3 is 1. The van der Waals surface area contributed by atoms with Crippen LogP contribution in [0.5, 0.6) is 11.5 Å². The van der Waals surface area contributed by atoms with Gasteiger partial charge >= 0.3 is 0 Å². The van der Waals surface area contributed by atoms with Crippen molar-refractivity contribution in [3.05, 3.63) is 82.7 Å². The minimum Gasteiger partial charge on any atom is -0.496 e. The van der Waals surface area contributed by atoms with Gasteiger partial charge in [0.25, 0.3) is 0 Å². The molecule has 0 aliphatic heterocycles. The van der Waals surface area contributed by atoms with Crippen molar-refractivity contribution in [1.29, 1.82) is 0 Å². The van der Waals surface area contributed by atoms with E-state index in [4.69, 9.17) is 9.47 Å². The first-order chi connectivity index (χ1) is 14.0. The molecule has 0 aliphatic rings. The van der Waals surface area contributed by atoms with E-state index in [2.05, 4.69) is 18.1 Å². The van der Waals surface area contributed by atoms with Crippen LogP contribution in [0, 0.1) is 13.8 Å². The molecule has 0 bridgehead atoms. The van der Waals surface area contributed by atoms with Gasteiger partial charge < -0.3 is 9.47 Å². The summed E-state index contributed by atoms with van der Waals surface area (Å²) in [7, 11) is 1.64. The van der Waals surface area contributed by atoms with E-state index in [1.165, 1.54) is 5.56 Å². The van der Waals surface area contributed by atoms with Gasteiger partial charge in [-0.05, 0) is 61.7 Å². The van der Waals surface area contributed by atoms with Gasteiger partial charge in [-0.2, -0.15) is 5.10 Å². The van der Waals surface area contributed by atoms with E-state index in [0.717, 1.165) is 34.7 Å². The molecule has 3 aromatic rings. The van der Waals surface area contributed by atoms with Crippen LogP contribution in [-0.2, 0) is 13.2 Å². The van der Waals surface area contributed by atoms with Crippen LogP contribution in [0.25, 0.3) is 6.08 Å². The van der Waals surface area contributed by atoms with Crippen LogP contribution in [0.2, 0.25) is 0 Å². The Morgan fingerprint density at radius 2 is 2.00 bits per heavy atom. The normalized spacial score (nSPS) is 11.0. The first-order valence-corrected chi connectivity index (χ1v) is 9.62. The zero-order chi connectivity index (χ0) is 20.8. The maximum Gasteiger partial charge on any atom is 0.189 e. The van der Waals surface area contributed by atoms with Gasteiger partial charge in [0, 0.05) is 18.3 Å². The fourth-order valence-corrected chi connectivity index (χ4v) is 2.98. The number of ketones is 1. The fraction of sp³-hybridized carbons (Fsp3) is 0.250. The molecule has 0 radical (unpaired) electrons. The number of aromatic nitrogens is 2. The van der Waals surface area contributed by atoms with Crippen LogP contribution in [-0.4, -0.2) is 22.7 Å². The standard InChI is InChI=1S/C24H26N2O3/c1-5-26-15-21(14-25-26)22(27)11-9-19-10-12-24(28-4)20(13-19)16-29-23-8-6-7-17(2)18(23)3/h6-15H,5,16H2,1-4H3/b11-9+. The van der Waals surface area contributed by atoms with Gasteiger partial charge in [-0.1, -0.05) is 24.3 Å². The summed E-state index contributed by atoms with van der Waals surface area (Å²) >= 11 is 0. The Hall–Kier alpha value is -3.34. The summed E-state index contributed by atoms with van der Waals surface area (Å²) in [6, 6.07) is 11.8. The van der Waals surface area contributed by atoms with Gasteiger partial charge in [0.1, 0.15) is 18.1 Å². The summed E-state index contributed by atoms with van der Waals surface area (Å²) < 4.78 is 13.2. The highest BCUT2D eigenvalue weighted by Gasteiger charge is 2.08. The van der Waals surface area contributed by atoms with Gasteiger partial charge in [-0.3, -0.25) is 9.48 Å². The maximum atomic E-state index is 12.3. The first-order valence-electron chi connectivity index (χ1n) is 9.62. The molecule has 150 valence electrons. The lowest BCUT2D eigenvalue weighted by atomic mass is 10.1. The van der Waals surface area contributed by atoms with E-state index in [-0.39, 0.29) is 5.78 Å². The van der Waals surface area contributed by atoms with Crippen molar-refractivity contribution in [2.24, 2.45) is 0 Å². The highest BCUT2D eigenvalue weighted by atomic mass is 16.5. The Balaban J connectivity index is 1.75. The Morgan fingerprint density at radius 1 is 1.17 bits per heavy atom. The van der Waals surface area contributed by atoms with E-state index >= 15 is 0 Å². The monoisotopic (exact) mass is 390 g/mol. The minimum atomic E-state index is -0.0753. The lowest BCUT2D eigenvalue weighted by molar-refractivity contribution is 0.104. The zero-order valence-corrected chi connectivity index (χ0v) is 17.3. The van der Waals surface area contributed by atoms with Crippen LogP contribution < -0.4 is 9.47 Å². The third kappa shape index (κ3) is 4.93. The Bertz CT molecular complexity index is 1030. The van der Waals surface area contributed by atoms with Gasteiger partial charge in [0.05, 0.1) is 18.9 Å². The molecular formula is C24H26N2O3. The third-order valence-electron chi connectivity index (χ3n) is 4.91. The highest BCUT2D eigenvalue weighted by Crippen LogP contribution is 2.25. The molecule has 0 atom stereocenters. The molecule has 0 saturated carbocycles. The topological polar surface area (TPSA) is 53.4 Å². The predicted molar refractivity (Wildman–Crippen MR) is 115 cm³/mol. The molecule has 0 aliphatic carbocycles. The summed E-state index contributed by atoms with van der Waals surface area (Å²) in [6.07, 6.45) is 6.71. The van der Waals surface area contributed by atoms with E-state index in [1.54, 1.807) is 36.3 Å². The fourth-order valence-electron chi connectivity index (χ4n) is 2.98. The first kappa shape index (κ1) is 20.4. The molecule has 1 heterocycles. The van der Waals surface area contributed by atoms with Crippen LogP contribution in [0.1, 0.15) is 39.5 Å². The molecule has 0 N–H and O–H groups in total. The molecule has 0 fully saturated rings. The van der Waals surface area contributed by atoms with Crippen molar-refractivity contribution in [3.8, 4) is 11.5 Å². The second-order valence-corrected chi connectivity index (χ2v) is 6.84. The lowest BCUT2D eigenvalue weighted by Crippen LogP contribution is -2.01. The number of benzene rings is 2. The summed E-state index contributed by atoms with van der Waals surface area (Å²) in [5.74, 6) is 1.54. The molecule has 0 unspecified atom stereocenters. The van der Waals surface area contributed by atoms with E-state index < -0.39 is 0 Å². The quantitative estimate of drug-likeness (QED) is 0.401. The number of allylic oxidation sites excluding steroid dienone is 1. The second kappa shape index (κ2) is 9.24. The molecule has 0 saturated heterocycles. The minimum absolute atomic E-state index is 0.0753. The molecular weight excluding hydrogens is 364 g/mol. The molecule has 2 aromatic carbocycles. The van der Waals surface area contributed by atoms with E-state index in [9.17, 15) is 4.79 Å². The molecule has 5 heteroatoms. The van der Waals surface area contributed by atoms with Gasteiger partial charge in [-0.15, -0.1) is 0 Å². The molecule has 29 heavy (non-hydrogen) atoms. The summed E-state index contributed by atoms with van der Waals surface area (Å²) in [4.78, 5) is 12.3. The predicted octanol–water partition coefficient (Wildman–Crippen LogP) is 5.00. The van der Waals surface area contributed by atoms with Crippen LogP contribution >= 0.6 is 0 Å². The maximum absolute atomic E-state index is 12.3. The molecule has 5 nitrogen and oxygen atoms in total. The second-order valence-electron chi connectivity index (χ2n) is 6.84. The van der Waals surface area contributed by atoms with Crippen LogP contribution in [0.3, 0.4) is 0 Å². The number of carbonyl (C=O) groups excluding carboxylic acids is 1. The summed E-state index contributed by atoms with van der Waals surface area (Å²) in [5, 5.41) is 4.14. The molecule has 0 amide bonds. The number of carbonyl (C=O) groups is 1. The zero-order valence-electron chi connectivity index (χ0n) is 17.3. The Morgan fingerprint density at radius 3 is 2.72 bits per heavy atom. The average Bonchev–Trinajstić information content (AvgIpc) is 3.22. The number of nitrogens with zero attached hydrogens (tertiary/aromatic N) is 2. The van der Waals surface area contributed by atoms with E-state index in [0.29, 0.717) is 12.2 Å². The largest absolute Gasteiger partial charge is 0.496 e. The summed E-state index contributed by atoms with van der Waals surface area (Å²) in [5.41, 5.74) is 4.72. The lowest BCUT2D eigenvalue weighted by Gasteiger charge is -2.13. The van der Waals surface area contributed by atoms with Crippen molar-refractivity contribution in [2.75, 3.05) is 7.11 Å². The molecule has 0 spiro atoms. The van der Waals surface area contributed by atoms with Crippen molar-refractivity contribution in [1.82, 2.24) is 9.78 Å². The Kier molecular flexibility index (Phi) is 6.50. The Labute approximate surface area is 171 Å². The highest BCUT2D eigenvalue weighted by molar-refractivity contribution is 6.06. The number of ether oxygens (including phenoxy) is 2. The SMILES string of the molecule is CCn1cc(C(=O)/C=C/c2ccc(OC)c(COc3cccc(C)c3C)c2)cn1. The third-order valence-corrected chi connectivity index (χ3v) is 4.91. The number of aryl methyl sites for hydroxylation is 2. The van der Waals surface area contributed by atoms with Crippen molar-refractivity contribution >= 4 is 11.9 Å². The number of rotatable bonds is 8. The van der Waals surface area contributed by atoms with E-state index in [1.807, 2.05) is 44.2 Å². The van der Waals surface area contributed by atoms with Crippen LogP contribution in [0.15, 0.2) is 54.9 Å². The number of hydrogen-bond donors (Lipinski definition) is 0. The number of hydrogen-bond acceptors (Lipinski definition) is 4. The summed E-state index contributed by atoms with van der Waals surface area (Å²) in [6.45, 7) is 7.21. The van der Waals surface area contributed by atoms with Gasteiger partial charge in [-0.25, -0.2) is 0 Å². The molecule has 1 aromatic heterocycles. The van der Waals surface area contributed by atoms with Gasteiger partial charge in [0.2, 0.25) is 0 Å².